The van der Waals surface area contributed by atoms with Crippen molar-refractivity contribution in [1.82, 2.24) is 9.80 Å². The number of carboxylic acids is 3. The normalized spacial score (nSPS) is 11.1. The molecule has 0 spiro atoms. The highest BCUT2D eigenvalue weighted by Gasteiger charge is 2.20. The molecule has 0 aromatic heterocycles. The molecule has 0 atom stereocenters. The van der Waals surface area contributed by atoms with Crippen LogP contribution in [0, 0.1) is 6.92 Å². The quantitative estimate of drug-likeness (QED) is 0.112. The van der Waals surface area contributed by atoms with Crippen LogP contribution in [0.3, 0.4) is 0 Å². The molecule has 2 aromatic carbocycles. The molecule has 0 unspecified atom stereocenters. The van der Waals surface area contributed by atoms with Crippen LogP contribution in [-0.2, 0) is 38.8 Å². The molecular weight excluding hydrogens is 540 g/mol. The minimum absolute atomic E-state index is 0.0103. The largest absolute Gasteiger partial charge is 0.507 e. The fourth-order valence-electron chi connectivity index (χ4n) is 4.33. The van der Waals surface area contributed by atoms with Crippen molar-refractivity contribution in [2.75, 3.05) is 39.9 Å². The van der Waals surface area contributed by atoms with Gasteiger partial charge in [0.2, 0.25) is 0 Å². The summed E-state index contributed by atoms with van der Waals surface area (Å²) in [7, 11) is 1.35. The predicted molar refractivity (Wildman–Crippen MR) is 147 cm³/mol. The lowest BCUT2D eigenvalue weighted by atomic mass is 10.0. The lowest BCUT2D eigenvalue weighted by Gasteiger charge is -2.27. The van der Waals surface area contributed by atoms with Gasteiger partial charge in [-0.1, -0.05) is 18.7 Å². The maximum absolute atomic E-state index is 11.6. The van der Waals surface area contributed by atoms with Gasteiger partial charge in [-0.15, -0.1) is 0 Å². The van der Waals surface area contributed by atoms with Gasteiger partial charge in [0.15, 0.2) is 11.5 Å². The highest BCUT2D eigenvalue weighted by atomic mass is 17.1. The Morgan fingerprint density at radius 3 is 1.90 bits per heavy atom. The van der Waals surface area contributed by atoms with Gasteiger partial charge in [-0.2, -0.15) is 0 Å². The summed E-state index contributed by atoms with van der Waals surface area (Å²) in [5.41, 5.74) is 2.78. The fourth-order valence-corrected chi connectivity index (χ4v) is 4.33. The van der Waals surface area contributed by atoms with Crippen molar-refractivity contribution in [3.8, 4) is 17.2 Å². The summed E-state index contributed by atoms with van der Waals surface area (Å²) in [5, 5.41) is 58.1. The SMILES string of the molecule is C=C(COO)c1cc(CN(CCN(CC(=O)O)Cc2cc(CCC(=O)O)cc(C)c2O)CC(=O)O)c(O)c(OC)c1. The molecule has 2 aromatic rings. The number of hydrogen-bond donors (Lipinski definition) is 6. The topological polar surface area (TPSA) is 198 Å². The number of phenolic OH excluding ortho intramolecular Hbond substituents is 2. The van der Waals surface area contributed by atoms with E-state index in [-0.39, 0.29) is 62.9 Å². The molecule has 224 valence electrons. The summed E-state index contributed by atoms with van der Waals surface area (Å²) in [6, 6.07) is 6.36. The van der Waals surface area contributed by atoms with E-state index in [1.807, 2.05) is 0 Å². The third-order valence-corrected chi connectivity index (χ3v) is 6.33. The van der Waals surface area contributed by atoms with E-state index >= 15 is 0 Å². The highest BCUT2D eigenvalue weighted by molar-refractivity contribution is 5.70. The Balaban J connectivity index is 2.31. The van der Waals surface area contributed by atoms with Gasteiger partial charge in [0.25, 0.3) is 0 Å². The van der Waals surface area contributed by atoms with Crippen molar-refractivity contribution in [3.63, 3.8) is 0 Å². The van der Waals surface area contributed by atoms with Crippen molar-refractivity contribution in [3.05, 3.63) is 58.7 Å². The van der Waals surface area contributed by atoms with Gasteiger partial charge in [0, 0.05) is 43.7 Å². The van der Waals surface area contributed by atoms with Crippen LogP contribution in [0.2, 0.25) is 0 Å². The Kier molecular flexibility index (Phi) is 12.5. The third kappa shape index (κ3) is 10.4. The number of benzene rings is 2. The van der Waals surface area contributed by atoms with Crippen molar-refractivity contribution in [2.45, 2.75) is 32.9 Å². The molecule has 0 aliphatic heterocycles. The Labute approximate surface area is 237 Å². The van der Waals surface area contributed by atoms with Crippen molar-refractivity contribution in [2.24, 2.45) is 0 Å². The van der Waals surface area contributed by atoms with Crippen LogP contribution in [0.4, 0.5) is 0 Å². The van der Waals surface area contributed by atoms with E-state index in [0.717, 1.165) is 0 Å². The lowest BCUT2D eigenvalue weighted by molar-refractivity contribution is -0.229. The molecule has 0 aliphatic carbocycles. The monoisotopic (exact) mass is 576 g/mol. The summed E-state index contributed by atoms with van der Waals surface area (Å²) in [6.07, 6.45) is 0.128. The Morgan fingerprint density at radius 1 is 0.854 bits per heavy atom. The van der Waals surface area contributed by atoms with Crippen LogP contribution in [0.25, 0.3) is 5.57 Å². The first kappa shape index (κ1) is 33.0. The Hall–Kier alpha value is -4.17. The van der Waals surface area contributed by atoms with Crippen molar-refractivity contribution < 1.29 is 54.8 Å². The van der Waals surface area contributed by atoms with Gasteiger partial charge in [-0.25, -0.2) is 4.89 Å². The van der Waals surface area contributed by atoms with Gasteiger partial charge >= 0.3 is 17.9 Å². The molecule has 0 saturated carbocycles. The number of aliphatic carboxylic acids is 3. The van der Waals surface area contributed by atoms with E-state index in [4.69, 9.17) is 15.1 Å². The molecule has 0 fully saturated rings. The molecule has 6 N–H and O–H groups in total. The van der Waals surface area contributed by atoms with Crippen molar-refractivity contribution in [1.29, 1.82) is 0 Å². The molecule has 0 saturated heterocycles. The first-order chi connectivity index (χ1) is 19.3. The number of ether oxygens (including phenoxy) is 1. The summed E-state index contributed by atoms with van der Waals surface area (Å²) in [6.45, 7) is 4.55. The average molecular weight is 577 g/mol. The summed E-state index contributed by atoms with van der Waals surface area (Å²) in [5.74, 6) is -3.40. The number of phenols is 2. The molecule has 0 heterocycles. The predicted octanol–water partition coefficient (Wildman–Crippen LogP) is 2.41. The summed E-state index contributed by atoms with van der Waals surface area (Å²) in [4.78, 5) is 41.4. The van der Waals surface area contributed by atoms with Gasteiger partial charge in [0.1, 0.15) is 12.4 Å². The molecular formula is C28H36N2O11. The smallest absolute Gasteiger partial charge is 0.317 e. The molecule has 2 rings (SSSR count). The second kappa shape index (κ2) is 15.6. The van der Waals surface area contributed by atoms with Crippen molar-refractivity contribution >= 4 is 23.5 Å². The molecule has 13 heteroatoms. The number of nitrogens with zero attached hydrogens (tertiary/aromatic N) is 2. The molecule has 41 heavy (non-hydrogen) atoms. The number of methoxy groups -OCH3 is 1. The van der Waals surface area contributed by atoms with Gasteiger partial charge in [-0.05, 0) is 47.7 Å². The van der Waals surface area contributed by atoms with E-state index in [1.54, 1.807) is 25.1 Å². The molecule has 0 amide bonds. The second-order valence-corrected chi connectivity index (χ2v) is 9.59. The highest BCUT2D eigenvalue weighted by Crippen LogP contribution is 2.34. The van der Waals surface area contributed by atoms with Crippen LogP contribution in [0.1, 0.15) is 34.2 Å². The second-order valence-electron chi connectivity index (χ2n) is 9.59. The minimum Gasteiger partial charge on any atom is -0.507 e. The zero-order valence-electron chi connectivity index (χ0n) is 23.0. The first-order valence-corrected chi connectivity index (χ1v) is 12.6. The maximum Gasteiger partial charge on any atom is 0.317 e. The molecule has 0 radical (unpaired) electrons. The first-order valence-electron chi connectivity index (χ1n) is 12.6. The van der Waals surface area contributed by atoms with Crippen LogP contribution < -0.4 is 4.74 Å². The van der Waals surface area contributed by atoms with Crippen LogP contribution >= 0.6 is 0 Å². The molecule has 0 aliphatic rings. The zero-order valence-corrected chi connectivity index (χ0v) is 23.0. The molecule has 13 nitrogen and oxygen atoms in total. The number of aryl methyl sites for hydroxylation is 2. The minimum atomic E-state index is -1.14. The Bertz CT molecular complexity index is 1260. The number of carbonyl (C=O) groups is 3. The lowest BCUT2D eigenvalue weighted by Crippen LogP contribution is -2.39. The van der Waals surface area contributed by atoms with Gasteiger partial charge < -0.3 is 30.3 Å². The summed E-state index contributed by atoms with van der Waals surface area (Å²) >= 11 is 0. The van der Waals surface area contributed by atoms with E-state index in [1.165, 1.54) is 23.0 Å². The Morgan fingerprint density at radius 2 is 1.41 bits per heavy atom. The van der Waals surface area contributed by atoms with E-state index in [9.17, 15) is 34.8 Å². The zero-order chi connectivity index (χ0) is 30.7. The van der Waals surface area contributed by atoms with Crippen LogP contribution in [0.5, 0.6) is 17.2 Å². The standard InChI is InChI=1S/C28H36N2O11/c1-17-8-19(4-5-24(31)32)9-21(27(17)37)12-29(14-25(33)34)6-7-30(15-26(35)36)13-22-10-20(18(2)16-41-39)11-23(40-3)28(22)38/h8-11,37-39H,2,4-7,12-16H2,1,3H3,(H,31,32)(H,33,34)(H,35,36). The van der Waals surface area contributed by atoms with Crippen LogP contribution in [0.15, 0.2) is 30.8 Å². The van der Waals surface area contributed by atoms with Crippen LogP contribution in [-0.4, -0.2) is 98.4 Å². The average Bonchev–Trinajstić information content (AvgIpc) is 2.89. The summed E-state index contributed by atoms with van der Waals surface area (Å²) < 4.78 is 5.23. The number of aromatic hydroxyl groups is 2. The van der Waals surface area contributed by atoms with E-state index < -0.39 is 31.0 Å². The number of carboxylic acid groups (broad SMARTS) is 3. The molecule has 0 bridgehead atoms. The number of rotatable bonds is 18. The third-order valence-electron chi connectivity index (χ3n) is 6.33. The van der Waals surface area contributed by atoms with E-state index in [2.05, 4.69) is 11.5 Å². The maximum atomic E-state index is 11.6. The van der Waals surface area contributed by atoms with Gasteiger partial charge in [0.05, 0.1) is 20.2 Å². The number of hydrogen-bond acceptors (Lipinski definition) is 10. The van der Waals surface area contributed by atoms with Gasteiger partial charge in [-0.3, -0.25) is 29.4 Å². The van der Waals surface area contributed by atoms with E-state index in [0.29, 0.717) is 33.4 Å². The fraction of sp³-hybridized carbons (Fsp3) is 0.393.